The molecule has 1 aliphatic rings. The normalized spacial score (nSPS) is 17.8. The standard InChI is InChI=1S/C18H20N4S/c1-13-11-23-18-16(13)17(20-12-21-18)19-9-14-7-8-22(10-14)15-5-3-2-4-6-15/h2-6,11-12,14H,7-10H2,1H3,(H,19,20,21). The van der Waals surface area contributed by atoms with Crippen LogP contribution in [-0.4, -0.2) is 29.6 Å². The summed E-state index contributed by atoms with van der Waals surface area (Å²) in [5.41, 5.74) is 2.58. The number of rotatable bonds is 4. The number of nitrogens with one attached hydrogen (secondary N) is 1. The zero-order valence-electron chi connectivity index (χ0n) is 13.2. The van der Waals surface area contributed by atoms with Gasteiger partial charge in [0.1, 0.15) is 17.0 Å². The van der Waals surface area contributed by atoms with Crippen LogP contribution in [0.15, 0.2) is 42.0 Å². The third-order valence-electron chi connectivity index (χ3n) is 4.52. The summed E-state index contributed by atoms with van der Waals surface area (Å²) >= 11 is 1.68. The topological polar surface area (TPSA) is 41.1 Å². The molecule has 4 rings (SSSR count). The van der Waals surface area contributed by atoms with E-state index in [1.165, 1.54) is 23.1 Å². The van der Waals surface area contributed by atoms with E-state index in [0.717, 1.165) is 30.3 Å². The van der Waals surface area contributed by atoms with Crippen LogP contribution in [0.3, 0.4) is 0 Å². The number of anilines is 2. The van der Waals surface area contributed by atoms with Crippen LogP contribution in [0.2, 0.25) is 0 Å². The molecule has 3 heterocycles. The van der Waals surface area contributed by atoms with Crippen molar-refractivity contribution in [1.82, 2.24) is 9.97 Å². The van der Waals surface area contributed by atoms with Gasteiger partial charge in [0.05, 0.1) is 5.39 Å². The van der Waals surface area contributed by atoms with E-state index in [1.54, 1.807) is 17.7 Å². The first-order valence-electron chi connectivity index (χ1n) is 8.04. The van der Waals surface area contributed by atoms with Crippen LogP contribution in [0.25, 0.3) is 10.2 Å². The van der Waals surface area contributed by atoms with Gasteiger partial charge in [0.15, 0.2) is 0 Å². The molecule has 0 amide bonds. The first kappa shape index (κ1) is 14.5. The van der Waals surface area contributed by atoms with Gasteiger partial charge in [0.2, 0.25) is 0 Å². The van der Waals surface area contributed by atoms with Crippen LogP contribution in [0, 0.1) is 12.8 Å². The van der Waals surface area contributed by atoms with E-state index < -0.39 is 0 Å². The van der Waals surface area contributed by atoms with Crippen molar-refractivity contribution in [2.24, 2.45) is 5.92 Å². The van der Waals surface area contributed by atoms with E-state index >= 15 is 0 Å². The summed E-state index contributed by atoms with van der Waals surface area (Å²) in [6.07, 6.45) is 2.88. The molecule has 3 aromatic rings. The number of hydrogen-bond donors (Lipinski definition) is 1. The second kappa shape index (κ2) is 6.16. The molecule has 2 aromatic heterocycles. The molecule has 1 atom stereocenters. The molecule has 1 aromatic carbocycles. The van der Waals surface area contributed by atoms with Crippen molar-refractivity contribution in [3.8, 4) is 0 Å². The van der Waals surface area contributed by atoms with E-state index in [2.05, 4.69) is 62.8 Å². The van der Waals surface area contributed by atoms with Crippen LogP contribution in [-0.2, 0) is 0 Å². The van der Waals surface area contributed by atoms with Crippen molar-refractivity contribution in [1.29, 1.82) is 0 Å². The fraction of sp³-hybridized carbons (Fsp3) is 0.333. The molecule has 0 radical (unpaired) electrons. The van der Waals surface area contributed by atoms with Gasteiger partial charge >= 0.3 is 0 Å². The molecule has 5 heteroatoms. The number of benzene rings is 1. The smallest absolute Gasteiger partial charge is 0.138 e. The van der Waals surface area contributed by atoms with Crippen molar-refractivity contribution >= 4 is 33.1 Å². The molecule has 0 bridgehead atoms. The quantitative estimate of drug-likeness (QED) is 0.789. The molecular weight excluding hydrogens is 304 g/mol. The second-order valence-electron chi connectivity index (χ2n) is 6.14. The minimum Gasteiger partial charge on any atom is -0.371 e. The Hall–Kier alpha value is -2.14. The molecule has 1 fully saturated rings. The zero-order valence-corrected chi connectivity index (χ0v) is 14.0. The molecule has 1 N–H and O–H groups in total. The van der Waals surface area contributed by atoms with Crippen LogP contribution in [0.1, 0.15) is 12.0 Å². The van der Waals surface area contributed by atoms with Crippen molar-refractivity contribution < 1.29 is 0 Å². The molecule has 1 aliphatic heterocycles. The summed E-state index contributed by atoms with van der Waals surface area (Å²) in [5.74, 6) is 1.63. The maximum absolute atomic E-state index is 4.45. The Bertz CT molecular complexity index is 799. The van der Waals surface area contributed by atoms with Gasteiger partial charge in [-0.15, -0.1) is 11.3 Å². The van der Waals surface area contributed by atoms with E-state index in [0.29, 0.717) is 5.92 Å². The SMILES string of the molecule is Cc1csc2ncnc(NCC3CCN(c4ccccc4)C3)c12. The monoisotopic (exact) mass is 324 g/mol. The van der Waals surface area contributed by atoms with Gasteiger partial charge in [-0.05, 0) is 42.3 Å². The molecule has 0 aliphatic carbocycles. The van der Waals surface area contributed by atoms with Gasteiger partial charge in [0.25, 0.3) is 0 Å². The minimum atomic E-state index is 0.652. The highest BCUT2D eigenvalue weighted by atomic mass is 32.1. The number of aryl methyl sites for hydroxylation is 1. The highest BCUT2D eigenvalue weighted by Gasteiger charge is 2.22. The van der Waals surface area contributed by atoms with Crippen molar-refractivity contribution in [3.63, 3.8) is 0 Å². The molecule has 1 unspecified atom stereocenters. The number of nitrogens with zero attached hydrogens (tertiary/aromatic N) is 3. The maximum atomic E-state index is 4.45. The first-order valence-corrected chi connectivity index (χ1v) is 8.92. The minimum absolute atomic E-state index is 0.652. The van der Waals surface area contributed by atoms with Crippen LogP contribution in [0.5, 0.6) is 0 Å². The van der Waals surface area contributed by atoms with Crippen LogP contribution in [0.4, 0.5) is 11.5 Å². The van der Waals surface area contributed by atoms with Gasteiger partial charge in [-0.1, -0.05) is 18.2 Å². The molecular formula is C18H20N4S. The Labute approximate surface area is 140 Å². The van der Waals surface area contributed by atoms with Gasteiger partial charge < -0.3 is 10.2 Å². The summed E-state index contributed by atoms with van der Waals surface area (Å²) in [5, 5.41) is 6.88. The van der Waals surface area contributed by atoms with Crippen LogP contribution < -0.4 is 10.2 Å². The summed E-state index contributed by atoms with van der Waals surface area (Å²) < 4.78 is 0. The lowest BCUT2D eigenvalue weighted by Crippen LogP contribution is -2.22. The largest absolute Gasteiger partial charge is 0.371 e. The fourth-order valence-corrected chi connectivity index (χ4v) is 4.15. The number of para-hydroxylation sites is 1. The average Bonchev–Trinajstić information content (AvgIpc) is 3.21. The van der Waals surface area contributed by atoms with Gasteiger partial charge in [-0.2, -0.15) is 0 Å². The van der Waals surface area contributed by atoms with Gasteiger partial charge in [-0.25, -0.2) is 9.97 Å². The van der Waals surface area contributed by atoms with E-state index in [-0.39, 0.29) is 0 Å². The van der Waals surface area contributed by atoms with Crippen molar-refractivity contribution in [2.45, 2.75) is 13.3 Å². The Kier molecular flexibility index (Phi) is 3.87. The lowest BCUT2D eigenvalue weighted by Gasteiger charge is -2.19. The number of hydrogen-bond acceptors (Lipinski definition) is 5. The van der Waals surface area contributed by atoms with Crippen LogP contribution >= 0.6 is 11.3 Å². The summed E-state index contributed by atoms with van der Waals surface area (Å²) in [6.45, 7) is 5.33. The lowest BCUT2D eigenvalue weighted by atomic mass is 10.1. The van der Waals surface area contributed by atoms with E-state index in [1.807, 2.05) is 0 Å². The van der Waals surface area contributed by atoms with Crippen molar-refractivity contribution in [2.75, 3.05) is 29.9 Å². The predicted octanol–water partition coefficient (Wildman–Crippen LogP) is 3.94. The highest BCUT2D eigenvalue weighted by Crippen LogP contribution is 2.29. The summed E-state index contributed by atoms with van der Waals surface area (Å²) in [4.78, 5) is 12.3. The zero-order chi connectivity index (χ0) is 15.6. The first-order chi connectivity index (χ1) is 11.3. The number of aromatic nitrogens is 2. The Morgan fingerprint density at radius 3 is 3.00 bits per heavy atom. The van der Waals surface area contributed by atoms with Gasteiger partial charge in [-0.3, -0.25) is 0 Å². The molecule has 1 saturated heterocycles. The maximum Gasteiger partial charge on any atom is 0.138 e. The molecule has 0 spiro atoms. The third-order valence-corrected chi connectivity index (χ3v) is 5.52. The molecule has 4 nitrogen and oxygen atoms in total. The van der Waals surface area contributed by atoms with Gasteiger partial charge in [0, 0.05) is 25.3 Å². The molecule has 0 saturated carbocycles. The summed E-state index contributed by atoms with van der Waals surface area (Å²) in [6, 6.07) is 10.7. The Morgan fingerprint density at radius 2 is 2.13 bits per heavy atom. The fourth-order valence-electron chi connectivity index (χ4n) is 3.26. The Morgan fingerprint density at radius 1 is 1.26 bits per heavy atom. The van der Waals surface area contributed by atoms with Crippen molar-refractivity contribution in [3.05, 3.63) is 47.6 Å². The average molecular weight is 324 g/mol. The lowest BCUT2D eigenvalue weighted by molar-refractivity contribution is 0.621. The molecule has 118 valence electrons. The third kappa shape index (κ3) is 2.88. The highest BCUT2D eigenvalue weighted by molar-refractivity contribution is 7.17. The van der Waals surface area contributed by atoms with E-state index in [9.17, 15) is 0 Å². The Balaban J connectivity index is 1.43. The summed E-state index contributed by atoms with van der Waals surface area (Å²) in [7, 11) is 0. The van der Waals surface area contributed by atoms with E-state index in [4.69, 9.17) is 0 Å². The number of thiophene rings is 1. The molecule has 23 heavy (non-hydrogen) atoms. The second-order valence-corrected chi connectivity index (χ2v) is 7.00. The number of fused-ring (bicyclic) bond motifs is 1. The predicted molar refractivity (Wildman–Crippen MR) is 97.4 cm³/mol.